The van der Waals surface area contributed by atoms with Gasteiger partial charge in [-0.05, 0) is 49.2 Å². The summed E-state index contributed by atoms with van der Waals surface area (Å²) < 4.78 is 5.29. The number of nitrogens with one attached hydrogen (secondary N) is 1. The molecule has 1 atom stereocenters. The van der Waals surface area contributed by atoms with Crippen molar-refractivity contribution in [2.75, 3.05) is 30.4 Å². The first kappa shape index (κ1) is 21.4. The third-order valence-electron chi connectivity index (χ3n) is 5.77. The highest BCUT2D eigenvalue weighted by atomic mass is 16.5. The van der Waals surface area contributed by atoms with Gasteiger partial charge >= 0.3 is 6.03 Å². The first-order valence-corrected chi connectivity index (χ1v) is 10.8. The molecular weight excluding hydrogens is 402 g/mol. The Labute approximate surface area is 188 Å². The summed E-state index contributed by atoms with van der Waals surface area (Å²) >= 11 is 0. The number of rotatable bonds is 6. The van der Waals surface area contributed by atoms with Gasteiger partial charge in [-0.15, -0.1) is 0 Å². The van der Waals surface area contributed by atoms with Gasteiger partial charge in [0.15, 0.2) is 0 Å². The average molecular weight is 430 g/mol. The topological polar surface area (TPSA) is 61.9 Å². The van der Waals surface area contributed by atoms with E-state index in [1.54, 1.807) is 23.1 Å². The van der Waals surface area contributed by atoms with Gasteiger partial charge in [0.1, 0.15) is 5.75 Å². The van der Waals surface area contributed by atoms with E-state index in [2.05, 4.69) is 12.2 Å². The number of nitrogens with zero attached hydrogens (tertiary/aromatic N) is 2. The number of para-hydroxylation sites is 1. The van der Waals surface area contributed by atoms with Crippen LogP contribution in [0.2, 0.25) is 0 Å². The van der Waals surface area contributed by atoms with E-state index in [-0.39, 0.29) is 18.0 Å². The zero-order chi connectivity index (χ0) is 22.5. The summed E-state index contributed by atoms with van der Waals surface area (Å²) in [5, 5.41) is 2.92. The van der Waals surface area contributed by atoms with Crippen LogP contribution >= 0.6 is 0 Å². The number of hydrogen-bond donors (Lipinski definition) is 1. The molecule has 32 heavy (non-hydrogen) atoms. The number of methoxy groups -OCH3 is 1. The second-order valence-electron chi connectivity index (χ2n) is 7.77. The van der Waals surface area contributed by atoms with Gasteiger partial charge in [0, 0.05) is 24.5 Å². The molecule has 1 aliphatic rings. The number of anilines is 2. The van der Waals surface area contributed by atoms with Crippen molar-refractivity contribution >= 4 is 23.3 Å². The van der Waals surface area contributed by atoms with Crippen LogP contribution in [-0.4, -0.2) is 37.0 Å². The summed E-state index contributed by atoms with van der Waals surface area (Å²) in [6.45, 7) is 3.41. The molecule has 0 aliphatic carbocycles. The lowest BCUT2D eigenvalue weighted by atomic mass is 10.1. The van der Waals surface area contributed by atoms with Crippen molar-refractivity contribution in [1.82, 2.24) is 4.90 Å². The second-order valence-corrected chi connectivity index (χ2v) is 7.77. The fourth-order valence-electron chi connectivity index (χ4n) is 4.04. The van der Waals surface area contributed by atoms with Gasteiger partial charge in [0.25, 0.3) is 5.91 Å². The molecule has 1 N–H and O–H groups in total. The molecule has 3 aromatic carbocycles. The summed E-state index contributed by atoms with van der Waals surface area (Å²) in [6.07, 6.45) is 0.876. The lowest BCUT2D eigenvalue weighted by molar-refractivity contribution is 0.102. The van der Waals surface area contributed by atoms with Crippen LogP contribution in [0.4, 0.5) is 16.2 Å². The predicted octanol–water partition coefficient (Wildman–Crippen LogP) is 5.34. The molecule has 0 spiro atoms. The molecule has 6 heteroatoms. The van der Waals surface area contributed by atoms with Crippen LogP contribution in [0.1, 0.15) is 35.3 Å². The van der Waals surface area contributed by atoms with Crippen molar-refractivity contribution in [2.24, 2.45) is 0 Å². The minimum absolute atomic E-state index is 0.0140. The molecule has 1 fully saturated rings. The Kier molecular flexibility index (Phi) is 6.40. The highest BCUT2D eigenvalue weighted by molar-refractivity contribution is 6.06. The van der Waals surface area contributed by atoms with E-state index < -0.39 is 0 Å². The van der Waals surface area contributed by atoms with Crippen molar-refractivity contribution in [3.63, 3.8) is 0 Å². The van der Waals surface area contributed by atoms with Crippen LogP contribution in [-0.2, 0) is 0 Å². The monoisotopic (exact) mass is 429 g/mol. The molecule has 1 aliphatic heterocycles. The van der Waals surface area contributed by atoms with E-state index in [1.165, 1.54) is 7.11 Å². The van der Waals surface area contributed by atoms with E-state index in [0.29, 0.717) is 23.5 Å². The molecule has 0 bridgehead atoms. The SMILES string of the molecule is COc1ccccc1C(=O)Nc1cccc(N2CCCN(C(C)c3ccccc3)C2=O)c1. The molecule has 1 saturated heterocycles. The summed E-state index contributed by atoms with van der Waals surface area (Å²) in [5.41, 5.74) is 2.95. The number of benzene rings is 3. The fraction of sp³-hybridized carbons (Fsp3) is 0.231. The summed E-state index contributed by atoms with van der Waals surface area (Å²) in [6, 6.07) is 24.5. The van der Waals surface area contributed by atoms with Crippen molar-refractivity contribution < 1.29 is 14.3 Å². The normalized spacial score (nSPS) is 14.8. The lowest BCUT2D eigenvalue weighted by Gasteiger charge is -2.39. The molecule has 1 heterocycles. The highest BCUT2D eigenvalue weighted by Gasteiger charge is 2.30. The lowest BCUT2D eigenvalue weighted by Crippen LogP contribution is -2.50. The minimum atomic E-state index is -0.260. The largest absolute Gasteiger partial charge is 0.496 e. The number of urea groups is 1. The van der Waals surface area contributed by atoms with Gasteiger partial charge in [0.2, 0.25) is 0 Å². The summed E-state index contributed by atoms with van der Waals surface area (Å²) in [4.78, 5) is 29.8. The summed E-state index contributed by atoms with van der Waals surface area (Å²) in [5.74, 6) is 0.252. The Bertz CT molecular complexity index is 1100. The van der Waals surface area contributed by atoms with Crippen LogP contribution in [0, 0.1) is 0 Å². The van der Waals surface area contributed by atoms with Crippen molar-refractivity contribution in [3.8, 4) is 5.75 Å². The molecule has 1 unspecified atom stereocenters. The third kappa shape index (κ3) is 4.44. The van der Waals surface area contributed by atoms with E-state index in [1.807, 2.05) is 65.6 Å². The van der Waals surface area contributed by atoms with Crippen LogP contribution in [0.5, 0.6) is 5.75 Å². The van der Waals surface area contributed by atoms with Gasteiger partial charge in [-0.2, -0.15) is 0 Å². The molecule has 3 amide bonds. The standard InChI is InChI=1S/C26H27N3O3/c1-19(20-10-4-3-5-11-20)28-16-9-17-29(26(28)31)22-13-8-12-21(18-22)27-25(30)23-14-6-7-15-24(23)32-2/h3-8,10-15,18-19H,9,16-17H2,1-2H3,(H,27,30). The highest BCUT2D eigenvalue weighted by Crippen LogP contribution is 2.29. The Hall–Kier alpha value is -3.80. The van der Waals surface area contributed by atoms with E-state index in [4.69, 9.17) is 4.74 Å². The Morgan fingerprint density at radius 2 is 1.72 bits per heavy atom. The molecule has 0 saturated carbocycles. The molecule has 0 aromatic heterocycles. The summed E-state index contributed by atoms with van der Waals surface area (Å²) in [7, 11) is 1.54. The number of amides is 3. The number of ether oxygens (including phenoxy) is 1. The molecule has 4 rings (SSSR count). The fourth-order valence-corrected chi connectivity index (χ4v) is 4.04. The van der Waals surface area contributed by atoms with Gasteiger partial charge in [-0.3, -0.25) is 9.69 Å². The van der Waals surface area contributed by atoms with Gasteiger partial charge in [-0.25, -0.2) is 4.79 Å². The second kappa shape index (κ2) is 9.56. The van der Waals surface area contributed by atoms with Crippen molar-refractivity contribution in [1.29, 1.82) is 0 Å². The minimum Gasteiger partial charge on any atom is -0.496 e. The number of hydrogen-bond acceptors (Lipinski definition) is 3. The maximum absolute atomic E-state index is 13.3. The average Bonchev–Trinajstić information content (AvgIpc) is 2.84. The van der Waals surface area contributed by atoms with Crippen molar-refractivity contribution in [3.05, 3.63) is 90.0 Å². The zero-order valence-electron chi connectivity index (χ0n) is 18.3. The van der Waals surface area contributed by atoms with E-state index >= 15 is 0 Å². The Morgan fingerprint density at radius 1 is 0.969 bits per heavy atom. The quantitative estimate of drug-likeness (QED) is 0.575. The third-order valence-corrected chi connectivity index (χ3v) is 5.77. The smallest absolute Gasteiger partial charge is 0.324 e. The Balaban J connectivity index is 1.52. The number of carbonyl (C=O) groups excluding carboxylic acids is 2. The van der Waals surface area contributed by atoms with Gasteiger partial charge in [0.05, 0.1) is 18.7 Å². The van der Waals surface area contributed by atoms with E-state index in [9.17, 15) is 9.59 Å². The van der Waals surface area contributed by atoms with Crippen LogP contribution in [0.15, 0.2) is 78.9 Å². The van der Waals surface area contributed by atoms with Crippen LogP contribution in [0.25, 0.3) is 0 Å². The molecule has 0 radical (unpaired) electrons. The maximum Gasteiger partial charge on any atom is 0.324 e. The van der Waals surface area contributed by atoms with Crippen LogP contribution in [0.3, 0.4) is 0 Å². The first-order valence-electron chi connectivity index (χ1n) is 10.8. The predicted molar refractivity (Wildman–Crippen MR) is 126 cm³/mol. The van der Waals surface area contributed by atoms with Gasteiger partial charge < -0.3 is 15.0 Å². The first-order chi connectivity index (χ1) is 15.6. The van der Waals surface area contributed by atoms with Gasteiger partial charge in [-0.1, -0.05) is 48.5 Å². The molecular formula is C26H27N3O3. The van der Waals surface area contributed by atoms with Crippen LogP contribution < -0.4 is 15.0 Å². The van der Waals surface area contributed by atoms with E-state index in [0.717, 1.165) is 24.2 Å². The molecule has 6 nitrogen and oxygen atoms in total. The molecule has 164 valence electrons. The molecule has 3 aromatic rings. The maximum atomic E-state index is 13.3. The van der Waals surface area contributed by atoms with Crippen molar-refractivity contribution in [2.45, 2.75) is 19.4 Å². The number of carbonyl (C=O) groups is 2. The zero-order valence-corrected chi connectivity index (χ0v) is 18.3. The Morgan fingerprint density at radius 3 is 2.50 bits per heavy atom.